The zero-order valence-electron chi connectivity index (χ0n) is 18.8. The van der Waals surface area contributed by atoms with E-state index in [9.17, 15) is 13.2 Å². The van der Waals surface area contributed by atoms with Crippen LogP contribution in [0.2, 0.25) is 5.02 Å². The lowest BCUT2D eigenvalue weighted by Crippen LogP contribution is -2.38. The highest BCUT2D eigenvalue weighted by Gasteiger charge is 2.30. The molecule has 0 saturated carbocycles. The molecule has 0 spiro atoms. The van der Waals surface area contributed by atoms with E-state index in [0.29, 0.717) is 22.2 Å². The molecule has 174 valence electrons. The molecule has 0 unspecified atom stereocenters. The van der Waals surface area contributed by atoms with Gasteiger partial charge in [0.15, 0.2) is 0 Å². The maximum atomic E-state index is 13.6. The molecule has 7 nitrogen and oxygen atoms in total. The fourth-order valence-corrected chi connectivity index (χ4v) is 4.83. The molecule has 0 aliphatic rings. The number of amides is 1. The minimum atomic E-state index is -4.10. The van der Waals surface area contributed by atoms with Gasteiger partial charge in [0.05, 0.1) is 30.5 Å². The second-order valence-corrected chi connectivity index (χ2v) is 9.69. The van der Waals surface area contributed by atoms with Crippen LogP contribution in [0.4, 0.5) is 11.4 Å². The van der Waals surface area contributed by atoms with Crippen molar-refractivity contribution in [1.82, 2.24) is 0 Å². The van der Waals surface area contributed by atoms with Crippen LogP contribution < -0.4 is 19.1 Å². The van der Waals surface area contributed by atoms with Gasteiger partial charge in [-0.1, -0.05) is 35.4 Å². The lowest BCUT2D eigenvalue weighted by Gasteiger charge is -2.26. The Balaban J connectivity index is 2.05. The Hall–Kier alpha value is -3.23. The van der Waals surface area contributed by atoms with Gasteiger partial charge in [-0.2, -0.15) is 0 Å². The van der Waals surface area contributed by atoms with Gasteiger partial charge < -0.3 is 14.8 Å². The van der Waals surface area contributed by atoms with Crippen LogP contribution in [0.15, 0.2) is 65.6 Å². The first-order valence-corrected chi connectivity index (χ1v) is 11.8. The number of nitrogens with one attached hydrogen (secondary N) is 1. The highest BCUT2D eigenvalue weighted by atomic mass is 35.5. The van der Waals surface area contributed by atoms with E-state index in [1.165, 1.54) is 32.4 Å². The van der Waals surface area contributed by atoms with Gasteiger partial charge in [-0.3, -0.25) is 9.10 Å². The average Bonchev–Trinajstić information content (AvgIpc) is 2.78. The van der Waals surface area contributed by atoms with E-state index >= 15 is 0 Å². The number of ether oxygens (including phenoxy) is 2. The van der Waals surface area contributed by atoms with Crippen LogP contribution >= 0.6 is 11.6 Å². The number of benzene rings is 3. The summed E-state index contributed by atoms with van der Waals surface area (Å²) in [5.74, 6) is 0.146. The molecule has 0 fully saturated rings. The molecular formula is C24H25ClN2O5S. The number of sulfonamides is 1. The largest absolute Gasteiger partial charge is 0.495 e. The molecule has 1 N–H and O–H groups in total. The number of carbonyl (C=O) groups is 1. The first-order valence-electron chi connectivity index (χ1n) is 10.0. The van der Waals surface area contributed by atoms with E-state index in [0.717, 1.165) is 15.4 Å². The number of hydrogen-bond donors (Lipinski definition) is 1. The van der Waals surface area contributed by atoms with Crippen molar-refractivity contribution in [1.29, 1.82) is 0 Å². The molecule has 0 aliphatic carbocycles. The minimum absolute atomic E-state index is 0.0600. The zero-order chi connectivity index (χ0) is 24.2. The maximum absolute atomic E-state index is 13.6. The van der Waals surface area contributed by atoms with Crippen LogP contribution in [0, 0.1) is 13.8 Å². The summed E-state index contributed by atoms with van der Waals surface area (Å²) in [7, 11) is -1.19. The van der Waals surface area contributed by atoms with Gasteiger partial charge in [0.2, 0.25) is 5.91 Å². The standard InChI is InChI=1S/C24H25ClN2O5S/c1-16-5-9-19(10-6-16)33(29,30)27(21-13-17(2)7-11-23(21)32-4)15-24(28)26-20-14-18(25)8-12-22(20)31-3/h5-14H,15H2,1-4H3,(H,26,28). The number of nitrogens with zero attached hydrogens (tertiary/aromatic N) is 1. The fourth-order valence-electron chi connectivity index (χ4n) is 3.23. The van der Waals surface area contributed by atoms with Crippen LogP contribution in [0.1, 0.15) is 11.1 Å². The molecule has 3 rings (SSSR count). The smallest absolute Gasteiger partial charge is 0.264 e. The third-order valence-electron chi connectivity index (χ3n) is 4.93. The second-order valence-electron chi connectivity index (χ2n) is 7.39. The maximum Gasteiger partial charge on any atom is 0.264 e. The third-order valence-corrected chi connectivity index (χ3v) is 6.94. The molecule has 0 heterocycles. The van der Waals surface area contributed by atoms with Gasteiger partial charge in [0.25, 0.3) is 10.0 Å². The first kappa shape index (κ1) is 24.4. The molecule has 0 radical (unpaired) electrons. The first-order chi connectivity index (χ1) is 15.6. The Morgan fingerprint density at radius 2 is 1.52 bits per heavy atom. The van der Waals surface area contributed by atoms with E-state index in [4.69, 9.17) is 21.1 Å². The molecule has 1 amide bonds. The lowest BCUT2D eigenvalue weighted by atomic mass is 10.2. The van der Waals surface area contributed by atoms with Gasteiger partial charge in [0, 0.05) is 5.02 Å². The van der Waals surface area contributed by atoms with Crippen molar-refractivity contribution < 1.29 is 22.7 Å². The molecule has 9 heteroatoms. The highest BCUT2D eigenvalue weighted by molar-refractivity contribution is 7.92. The number of aryl methyl sites for hydroxylation is 2. The lowest BCUT2D eigenvalue weighted by molar-refractivity contribution is -0.114. The fraction of sp³-hybridized carbons (Fsp3) is 0.208. The number of halogens is 1. The van der Waals surface area contributed by atoms with E-state index in [1.807, 2.05) is 13.8 Å². The summed E-state index contributed by atoms with van der Waals surface area (Å²) in [6, 6.07) is 16.3. The van der Waals surface area contributed by atoms with Crippen molar-refractivity contribution in [3.63, 3.8) is 0 Å². The molecule has 33 heavy (non-hydrogen) atoms. The van der Waals surface area contributed by atoms with Crippen LogP contribution in [0.5, 0.6) is 11.5 Å². The minimum Gasteiger partial charge on any atom is -0.495 e. The van der Waals surface area contributed by atoms with Gasteiger partial charge in [-0.05, 0) is 61.9 Å². The van der Waals surface area contributed by atoms with Crippen molar-refractivity contribution in [2.75, 3.05) is 30.4 Å². The second kappa shape index (κ2) is 10.1. The molecule has 0 bridgehead atoms. The number of hydrogen-bond acceptors (Lipinski definition) is 5. The summed E-state index contributed by atoms with van der Waals surface area (Å²) in [5, 5.41) is 3.09. The molecule has 0 aromatic heterocycles. The van der Waals surface area contributed by atoms with E-state index < -0.39 is 22.5 Å². The topological polar surface area (TPSA) is 84.9 Å². The van der Waals surface area contributed by atoms with Crippen molar-refractivity contribution in [3.8, 4) is 11.5 Å². The summed E-state index contributed by atoms with van der Waals surface area (Å²) >= 11 is 6.05. The number of methoxy groups -OCH3 is 2. The predicted molar refractivity (Wildman–Crippen MR) is 130 cm³/mol. The SMILES string of the molecule is COc1ccc(Cl)cc1NC(=O)CN(c1cc(C)ccc1OC)S(=O)(=O)c1ccc(C)cc1. The normalized spacial score (nSPS) is 11.1. The summed E-state index contributed by atoms with van der Waals surface area (Å²) in [6.45, 7) is 3.20. The molecule has 3 aromatic carbocycles. The van der Waals surface area contributed by atoms with Gasteiger partial charge in [-0.25, -0.2) is 8.42 Å². The monoisotopic (exact) mass is 488 g/mol. The summed E-state index contributed by atoms with van der Waals surface area (Å²) in [5.41, 5.74) is 2.32. The average molecular weight is 489 g/mol. The van der Waals surface area contributed by atoms with Gasteiger partial charge in [0.1, 0.15) is 18.0 Å². The van der Waals surface area contributed by atoms with Crippen LogP contribution in [0.25, 0.3) is 0 Å². The number of carbonyl (C=O) groups excluding carboxylic acids is 1. The van der Waals surface area contributed by atoms with E-state index in [1.54, 1.807) is 42.5 Å². The number of rotatable bonds is 8. The highest BCUT2D eigenvalue weighted by Crippen LogP contribution is 2.34. The Morgan fingerprint density at radius 1 is 0.909 bits per heavy atom. The molecular weight excluding hydrogens is 464 g/mol. The van der Waals surface area contributed by atoms with Crippen molar-refractivity contribution in [2.24, 2.45) is 0 Å². The summed E-state index contributed by atoms with van der Waals surface area (Å²) in [6.07, 6.45) is 0. The predicted octanol–water partition coefficient (Wildman–Crippen LogP) is 4.81. The van der Waals surface area contributed by atoms with Crippen LogP contribution in [-0.2, 0) is 14.8 Å². The summed E-state index contributed by atoms with van der Waals surface area (Å²) < 4.78 is 39.0. The molecule has 0 atom stereocenters. The van der Waals surface area contributed by atoms with Gasteiger partial charge >= 0.3 is 0 Å². The molecule has 3 aromatic rings. The Morgan fingerprint density at radius 3 is 2.15 bits per heavy atom. The van der Waals surface area contributed by atoms with Crippen molar-refractivity contribution in [2.45, 2.75) is 18.7 Å². The zero-order valence-corrected chi connectivity index (χ0v) is 20.3. The van der Waals surface area contributed by atoms with E-state index in [2.05, 4.69) is 5.32 Å². The third kappa shape index (κ3) is 5.58. The Labute approximate surface area is 198 Å². The van der Waals surface area contributed by atoms with Crippen LogP contribution in [0.3, 0.4) is 0 Å². The van der Waals surface area contributed by atoms with Crippen molar-refractivity contribution in [3.05, 3.63) is 76.8 Å². The molecule has 0 aliphatic heterocycles. The van der Waals surface area contributed by atoms with Crippen molar-refractivity contribution >= 4 is 38.9 Å². The summed E-state index contributed by atoms with van der Waals surface area (Å²) in [4.78, 5) is 13.1. The molecule has 0 saturated heterocycles. The Bertz CT molecular complexity index is 1260. The Kier molecular flexibility index (Phi) is 7.50. The number of anilines is 2. The van der Waals surface area contributed by atoms with Crippen LogP contribution in [-0.4, -0.2) is 35.1 Å². The van der Waals surface area contributed by atoms with Gasteiger partial charge in [-0.15, -0.1) is 0 Å². The quantitative estimate of drug-likeness (QED) is 0.492. The van der Waals surface area contributed by atoms with E-state index in [-0.39, 0.29) is 10.6 Å².